The zero-order chi connectivity index (χ0) is 21.1. The molecule has 148 valence electrons. The molecule has 3 aromatic carbocycles. The van der Waals surface area contributed by atoms with Crippen LogP contribution in [0, 0.1) is 0 Å². The molecule has 1 heterocycles. The van der Waals surface area contributed by atoms with Crippen molar-refractivity contribution < 1.29 is 14.4 Å². The van der Waals surface area contributed by atoms with Crippen LogP contribution in [0.2, 0.25) is 0 Å². The molecule has 8 heteroatoms. The van der Waals surface area contributed by atoms with Gasteiger partial charge in [-0.1, -0.05) is 46.3 Å². The number of para-hydroxylation sites is 1. The van der Waals surface area contributed by atoms with Crippen LogP contribution in [-0.2, 0) is 4.79 Å². The smallest absolute Gasteiger partial charge is 0.276 e. The summed E-state index contributed by atoms with van der Waals surface area (Å²) in [7, 11) is 0. The lowest BCUT2D eigenvalue weighted by Gasteiger charge is -2.10. The second kappa shape index (κ2) is 8.30. The Labute approximate surface area is 180 Å². The molecule has 1 aliphatic heterocycles. The monoisotopic (exact) mass is 462 g/mol. The predicted octanol–water partition coefficient (Wildman–Crippen LogP) is 3.79. The maximum Gasteiger partial charge on any atom is 0.276 e. The molecule has 0 bridgehead atoms. The third-order valence-corrected chi connectivity index (χ3v) is 4.92. The second-order valence-electron chi connectivity index (χ2n) is 6.41. The molecule has 0 spiro atoms. The largest absolute Gasteiger partial charge is 0.321 e. The van der Waals surface area contributed by atoms with Gasteiger partial charge < -0.3 is 10.6 Å². The molecular weight excluding hydrogens is 448 g/mol. The minimum absolute atomic E-state index is 0.102. The fourth-order valence-electron chi connectivity index (χ4n) is 2.98. The van der Waals surface area contributed by atoms with Crippen molar-refractivity contribution in [2.75, 3.05) is 10.6 Å². The molecule has 3 aromatic rings. The van der Waals surface area contributed by atoms with E-state index in [-0.39, 0.29) is 17.2 Å². The minimum Gasteiger partial charge on any atom is -0.321 e. The van der Waals surface area contributed by atoms with E-state index in [4.69, 9.17) is 0 Å². The quantitative estimate of drug-likeness (QED) is 0.514. The highest BCUT2D eigenvalue weighted by Crippen LogP contribution is 2.26. The molecule has 1 aliphatic rings. The average Bonchev–Trinajstić information content (AvgIpc) is 3.07. The summed E-state index contributed by atoms with van der Waals surface area (Å²) in [5.74, 6) is -1.30. The van der Waals surface area contributed by atoms with Crippen LogP contribution in [0.4, 0.5) is 11.4 Å². The number of carbonyl (C=O) groups is 3. The molecule has 3 N–H and O–H groups in total. The van der Waals surface area contributed by atoms with E-state index in [2.05, 4.69) is 37.1 Å². The second-order valence-corrected chi connectivity index (χ2v) is 7.33. The maximum absolute atomic E-state index is 12.7. The van der Waals surface area contributed by atoms with Gasteiger partial charge in [-0.25, -0.2) is 5.43 Å². The van der Waals surface area contributed by atoms with E-state index in [0.29, 0.717) is 22.5 Å². The summed E-state index contributed by atoms with van der Waals surface area (Å²) in [6, 6.07) is 20.5. The number of carbonyl (C=O) groups excluding carboxylic acids is 3. The van der Waals surface area contributed by atoms with Crippen LogP contribution in [0.1, 0.15) is 26.3 Å². The molecular formula is C22H15BrN4O3. The van der Waals surface area contributed by atoms with Gasteiger partial charge in [-0.3, -0.25) is 14.4 Å². The lowest BCUT2D eigenvalue weighted by molar-refractivity contribution is -0.110. The summed E-state index contributed by atoms with van der Waals surface area (Å²) in [5.41, 5.74) is 4.74. The summed E-state index contributed by atoms with van der Waals surface area (Å²) in [6.07, 6.45) is 0. The number of halogens is 1. The number of amides is 3. The van der Waals surface area contributed by atoms with Crippen molar-refractivity contribution in [3.05, 3.63) is 94.0 Å². The topological polar surface area (TPSA) is 99.7 Å². The van der Waals surface area contributed by atoms with Crippen molar-refractivity contribution in [2.24, 2.45) is 5.10 Å². The Kier molecular flexibility index (Phi) is 5.40. The van der Waals surface area contributed by atoms with Gasteiger partial charge in [-0.15, -0.1) is 0 Å². The van der Waals surface area contributed by atoms with Crippen molar-refractivity contribution in [1.82, 2.24) is 5.43 Å². The minimum atomic E-state index is -0.553. The number of nitrogens with one attached hydrogen (secondary N) is 3. The van der Waals surface area contributed by atoms with Crippen molar-refractivity contribution >= 4 is 50.7 Å². The van der Waals surface area contributed by atoms with Crippen molar-refractivity contribution in [1.29, 1.82) is 0 Å². The van der Waals surface area contributed by atoms with Crippen LogP contribution < -0.4 is 16.1 Å². The Bertz CT molecular complexity index is 1190. The maximum atomic E-state index is 12.7. The van der Waals surface area contributed by atoms with E-state index < -0.39 is 11.8 Å². The van der Waals surface area contributed by atoms with Crippen molar-refractivity contribution in [2.45, 2.75) is 0 Å². The first-order chi connectivity index (χ1) is 14.5. The number of hydrogen-bond donors (Lipinski definition) is 3. The van der Waals surface area contributed by atoms with Crippen molar-refractivity contribution in [3.63, 3.8) is 0 Å². The molecule has 0 unspecified atom stereocenters. The van der Waals surface area contributed by atoms with E-state index in [1.807, 2.05) is 6.07 Å². The van der Waals surface area contributed by atoms with E-state index in [0.717, 1.165) is 4.47 Å². The average molecular weight is 463 g/mol. The highest BCUT2D eigenvalue weighted by molar-refractivity contribution is 9.10. The molecule has 30 heavy (non-hydrogen) atoms. The normalized spacial score (nSPS) is 13.5. The highest BCUT2D eigenvalue weighted by atomic mass is 79.9. The zero-order valence-corrected chi connectivity index (χ0v) is 17.1. The number of fused-ring (bicyclic) bond motifs is 1. The van der Waals surface area contributed by atoms with Crippen LogP contribution in [0.15, 0.2) is 82.4 Å². The Hall–Kier alpha value is -3.78. The Balaban J connectivity index is 1.55. The first kappa shape index (κ1) is 19.5. The molecule has 4 rings (SSSR count). The third kappa shape index (κ3) is 3.99. The van der Waals surface area contributed by atoms with Crippen LogP contribution >= 0.6 is 15.9 Å². The van der Waals surface area contributed by atoms with E-state index in [1.54, 1.807) is 66.7 Å². The molecule has 0 saturated carbocycles. The predicted molar refractivity (Wildman–Crippen MR) is 118 cm³/mol. The molecule has 0 aliphatic carbocycles. The van der Waals surface area contributed by atoms with E-state index in [9.17, 15) is 14.4 Å². The molecule has 0 atom stereocenters. The molecule has 0 radical (unpaired) electrons. The highest BCUT2D eigenvalue weighted by Gasteiger charge is 2.26. The Morgan fingerprint density at radius 3 is 2.43 bits per heavy atom. The van der Waals surface area contributed by atoms with E-state index >= 15 is 0 Å². The Morgan fingerprint density at radius 1 is 0.900 bits per heavy atom. The van der Waals surface area contributed by atoms with Gasteiger partial charge in [-0.2, -0.15) is 5.10 Å². The first-order valence-electron chi connectivity index (χ1n) is 8.97. The van der Waals surface area contributed by atoms with Crippen LogP contribution in [0.3, 0.4) is 0 Å². The summed E-state index contributed by atoms with van der Waals surface area (Å²) in [5, 5.41) is 9.44. The molecule has 0 aromatic heterocycles. The fraction of sp³-hybridized carbons (Fsp3) is 0. The lowest BCUT2D eigenvalue weighted by atomic mass is 10.1. The zero-order valence-electron chi connectivity index (χ0n) is 15.5. The summed E-state index contributed by atoms with van der Waals surface area (Å²) < 4.78 is 0.783. The molecule has 0 fully saturated rings. The Morgan fingerprint density at radius 2 is 1.63 bits per heavy atom. The van der Waals surface area contributed by atoms with Crippen molar-refractivity contribution in [3.8, 4) is 0 Å². The molecule has 7 nitrogen and oxygen atoms in total. The number of hydrazone groups is 1. The van der Waals surface area contributed by atoms with Gasteiger partial charge in [0.25, 0.3) is 17.7 Å². The molecule has 3 amide bonds. The first-order valence-corrected chi connectivity index (χ1v) is 9.77. The van der Waals surface area contributed by atoms with Gasteiger partial charge in [0, 0.05) is 15.6 Å². The summed E-state index contributed by atoms with van der Waals surface area (Å²) >= 11 is 3.36. The number of hydrogen-bond acceptors (Lipinski definition) is 4. The van der Waals surface area contributed by atoms with Crippen LogP contribution in [0.5, 0.6) is 0 Å². The number of benzene rings is 3. The summed E-state index contributed by atoms with van der Waals surface area (Å²) in [4.78, 5) is 37.4. The van der Waals surface area contributed by atoms with Gasteiger partial charge in [0.1, 0.15) is 0 Å². The number of rotatable bonds is 4. The van der Waals surface area contributed by atoms with Gasteiger partial charge in [0.15, 0.2) is 5.71 Å². The van der Waals surface area contributed by atoms with Crippen LogP contribution in [0.25, 0.3) is 0 Å². The van der Waals surface area contributed by atoms with Gasteiger partial charge in [0.05, 0.1) is 16.9 Å². The van der Waals surface area contributed by atoms with Gasteiger partial charge in [-0.05, 0) is 42.5 Å². The van der Waals surface area contributed by atoms with Gasteiger partial charge >= 0.3 is 0 Å². The fourth-order valence-corrected chi connectivity index (χ4v) is 3.34. The lowest BCUT2D eigenvalue weighted by Crippen LogP contribution is -2.25. The standard InChI is InChI=1S/C22H15BrN4O3/c23-14-10-11-18-16(12-14)19(22(30)25-18)26-27-21(29)15-8-4-5-9-17(15)24-20(28)13-6-2-1-3-7-13/h1-12H,(H,24,28)(H,27,29)(H,25,26,30). The number of nitrogens with zero attached hydrogens (tertiary/aromatic N) is 1. The summed E-state index contributed by atoms with van der Waals surface area (Å²) in [6.45, 7) is 0. The van der Waals surface area contributed by atoms with Gasteiger partial charge in [0.2, 0.25) is 0 Å². The number of anilines is 2. The van der Waals surface area contributed by atoms with E-state index in [1.165, 1.54) is 0 Å². The van der Waals surface area contributed by atoms with Crippen LogP contribution in [-0.4, -0.2) is 23.4 Å². The third-order valence-electron chi connectivity index (χ3n) is 4.43. The SMILES string of the molecule is O=C1Nc2ccc(Br)cc2/C1=N\NC(=O)c1ccccc1NC(=O)c1ccccc1. The molecule has 0 saturated heterocycles.